The molecule has 2 aliphatic rings. The van der Waals surface area contributed by atoms with E-state index in [9.17, 15) is 8.42 Å². The van der Waals surface area contributed by atoms with E-state index >= 15 is 0 Å². The van der Waals surface area contributed by atoms with Crippen molar-refractivity contribution in [3.63, 3.8) is 0 Å². The molecule has 1 N–H and O–H groups in total. The Kier molecular flexibility index (Phi) is 3.38. The molecule has 0 saturated carbocycles. The Labute approximate surface area is 119 Å². The van der Waals surface area contributed by atoms with Crippen LogP contribution in [0.15, 0.2) is 17.0 Å². The van der Waals surface area contributed by atoms with E-state index in [4.69, 9.17) is 9.47 Å². The van der Waals surface area contributed by atoms with Crippen LogP contribution in [0.5, 0.6) is 11.5 Å². The Morgan fingerprint density at radius 1 is 1.20 bits per heavy atom. The fourth-order valence-corrected chi connectivity index (χ4v) is 4.89. The quantitative estimate of drug-likeness (QED) is 0.851. The van der Waals surface area contributed by atoms with E-state index in [1.807, 2.05) is 20.0 Å². The molecule has 3 rings (SSSR count). The zero-order chi connectivity index (χ0) is 14.3. The molecule has 0 fully saturated rings. The minimum Gasteiger partial charge on any atom is -0.490 e. The second kappa shape index (κ2) is 4.93. The zero-order valence-corrected chi connectivity index (χ0v) is 12.5. The first-order chi connectivity index (χ1) is 9.53. The monoisotopic (exact) mass is 297 g/mol. The third-order valence-corrected chi connectivity index (χ3v) is 5.90. The highest BCUT2D eigenvalue weighted by atomic mass is 32.2. The van der Waals surface area contributed by atoms with Gasteiger partial charge in [-0.1, -0.05) is 6.92 Å². The fourth-order valence-electron chi connectivity index (χ4n) is 3.00. The van der Waals surface area contributed by atoms with E-state index in [1.54, 1.807) is 6.07 Å². The van der Waals surface area contributed by atoms with E-state index in [0.717, 1.165) is 12.0 Å². The molecule has 0 aliphatic carbocycles. The molecule has 6 heteroatoms. The van der Waals surface area contributed by atoms with Crippen molar-refractivity contribution >= 4 is 9.84 Å². The van der Waals surface area contributed by atoms with Gasteiger partial charge in [0.25, 0.3) is 0 Å². The lowest BCUT2D eigenvalue weighted by atomic mass is 9.95. The molecular formula is C14H19NO4S. The van der Waals surface area contributed by atoms with Gasteiger partial charge in [-0.3, -0.25) is 0 Å². The first-order valence-corrected chi connectivity index (χ1v) is 8.51. The van der Waals surface area contributed by atoms with E-state index in [1.165, 1.54) is 0 Å². The summed E-state index contributed by atoms with van der Waals surface area (Å²) in [6.45, 7) is 3.10. The van der Waals surface area contributed by atoms with E-state index in [2.05, 4.69) is 5.32 Å². The Morgan fingerprint density at radius 3 is 2.50 bits per heavy atom. The molecule has 0 aromatic heterocycles. The van der Waals surface area contributed by atoms with Crippen molar-refractivity contribution in [3.8, 4) is 11.5 Å². The molecule has 110 valence electrons. The van der Waals surface area contributed by atoms with Crippen molar-refractivity contribution in [1.82, 2.24) is 5.32 Å². The van der Waals surface area contributed by atoms with Crippen LogP contribution in [-0.2, 0) is 9.84 Å². The minimum atomic E-state index is -3.26. The Morgan fingerprint density at radius 2 is 1.85 bits per heavy atom. The molecule has 5 nitrogen and oxygen atoms in total. The van der Waals surface area contributed by atoms with Crippen molar-refractivity contribution in [1.29, 1.82) is 0 Å². The van der Waals surface area contributed by atoms with Crippen LogP contribution in [0, 0.1) is 5.92 Å². The highest BCUT2D eigenvalue weighted by molar-refractivity contribution is 7.91. The molecular weight excluding hydrogens is 278 g/mol. The largest absolute Gasteiger partial charge is 0.490 e. The van der Waals surface area contributed by atoms with Gasteiger partial charge in [-0.2, -0.15) is 0 Å². The number of rotatable bonds is 1. The zero-order valence-electron chi connectivity index (χ0n) is 11.7. The number of benzene rings is 1. The summed E-state index contributed by atoms with van der Waals surface area (Å²) in [4.78, 5) is 0.374. The molecule has 0 saturated heterocycles. The second-order valence-corrected chi connectivity index (χ2v) is 7.41. The van der Waals surface area contributed by atoms with Crippen molar-refractivity contribution in [2.75, 3.05) is 26.0 Å². The summed E-state index contributed by atoms with van der Waals surface area (Å²) in [5, 5.41) is 3.21. The third-order valence-electron chi connectivity index (χ3n) is 3.91. The maximum atomic E-state index is 12.4. The molecule has 1 aromatic rings. The average Bonchev–Trinajstić information content (AvgIpc) is 2.61. The van der Waals surface area contributed by atoms with Crippen molar-refractivity contribution in [2.45, 2.75) is 24.3 Å². The van der Waals surface area contributed by atoms with Crippen LogP contribution in [0.3, 0.4) is 0 Å². The van der Waals surface area contributed by atoms with Gasteiger partial charge in [-0.25, -0.2) is 8.42 Å². The first-order valence-electron chi connectivity index (χ1n) is 6.86. The normalized spacial score (nSPS) is 27.5. The lowest BCUT2D eigenvalue weighted by Crippen LogP contribution is -2.34. The molecule has 1 aromatic carbocycles. The molecule has 2 heterocycles. The topological polar surface area (TPSA) is 64.6 Å². The lowest BCUT2D eigenvalue weighted by Gasteiger charge is -2.31. The molecule has 0 spiro atoms. The Hall–Kier alpha value is -1.27. The highest BCUT2D eigenvalue weighted by Gasteiger charge is 2.36. The predicted octanol–water partition coefficient (Wildman–Crippen LogP) is 1.53. The standard InChI is InChI=1S/C14H19NO4S/c1-9-8-20(16,17)13-7-12-11(18-4-3-5-19-12)6-10(13)14(9)15-2/h6-7,9,14-15H,3-5,8H2,1-2H3. The van der Waals surface area contributed by atoms with Crippen LogP contribution in [0.1, 0.15) is 24.9 Å². The van der Waals surface area contributed by atoms with Gasteiger partial charge in [0.05, 0.1) is 23.9 Å². The minimum absolute atomic E-state index is 0.0191. The van der Waals surface area contributed by atoms with Crippen LogP contribution in [0.2, 0.25) is 0 Å². The summed E-state index contributed by atoms with van der Waals surface area (Å²) in [6, 6.07) is 3.47. The van der Waals surface area contributed by atoms with E-state index in [-0.39, 0.29) is 17.7 Å². The van der Waals surface area contributed by atoms with Gasteiger partial charge >= 0.3 is 0 Å². The van der Waals surface area contributed by atoms with Crippen LogP contribution in [0.25, 0.3) is 0 Å². The van der Waals surface area contributed by atoms with E-state index < -0.39 is 9.84 Å². The smallest absolute Gasteiger partial charge is 0.179 e. The van der Waals surface area contributed by atoms with Gasteiger partial charge in [-0.15, -0.1) is 0 Å². The van der Waals surface area contributed by atoms with E-state index in [0.29, 0.717) is 29.6 Å². The summed E-state index contributed by atoms with van der Waals surface area (Å²) in [5.74, 6) is 1.37. The molecule has 2 aliphatic heterocycles. The van der Waals surface area contributed by atoms with Crippen molar-refractivity contribution in [2.24, 2.45) is 5.92 Å². The lowest BCUT2D eigenvalue weighted by molar-refractivity contribution is 0.296. The SMILES string of the molecule is CNC1c2cc3c(cc2S(=O)(=O)CC1C)OCCCO3. The molecule has 20 heavy (non-hydrogen) atoms. The average molecular weight is 297 g/mol. The Balaban J connectivity index is 2.19. The van der Waals surface area contributed by atoms with Gasteiger partial charge < -0.3 is 14.8 Å². The third kappa shape index (κ3) is 2.16. The summed E-state index contributed by atoms with van der Waals surface area (Å²) < 4.78 is 36.0. The van der Waals surface area contributed by atoms with Crippen LogP contribution in [0.4, 0.5) is 0 Å². The summed E-state index contributed by atoms with van der Waals surface area (Å²) in [7, 11) is -1.40. The summed E-state index contributed by atoms with van der Waals surface area (Å²) in [5.41, 5.74) is 0.788. The molecule has 2 atom stereocenters. The number of hydrogen-bond acceptors (Lipinski definition) is 5. The van der Waals surface area contributed by atoms with Gasteiger partial charge in [0.1, 0.15) is 0 Å². The molecule has 0 bridgehead atoms. The van der Waals surface area contributed by atoms with Gasteiger partial charge in [0.2, 0.25) is 0 Å². The van der Waals surface area contributed by atoms with Crippen LogP contribution >= 0.6 is 0 Å². The van der Waals surface area contributed by atoms with Gasteiger partial charge in [0, 0.05) is 18.5 Å². The highest BCUT2D eigenvalue weighted by Crippen LogP contribution is 2.42. The predicted molar refractivity (Wildman–Crippen MR) is 75.1 cm³/mol. The molecule has 0 radical (unpaired) electrons. The number of ether oxygens (including phenoxy) is 2. The maximum Gasteiger partial charge on any atom is 0.179 e. The number of nitrogens with one attached hydrogen (secondary N) is 1. The van der Waals surface area contributed by atoms with Crippen LogP contribution < -0.4 is 14.8 Å². The number of hydrogen-bond donors (Lipinski definition) is 1. The van der Waals surface area contributed by atoms with Gasteiger partial charge in [0.15, 0.2) is 21.3 Å². The number of sulfone groups is 1. The maximum absolute atomic E-state index is 12.4. The van der Waals surface area contributed by atoms with Crippen LogP contribution in [-0.4, -0.2) is 34.4 Å². The fraction of sp³-hybridized carbons (Fsp3) is 0.571. The van der Waals surface area contributed by atoms with Crippen molar-refractivity contribution in [3.05, 3.63) is 17.7 Å². The van der Waals surface area contributed by atoms with Crippen molar-refractivity contribution < 1.29 is 17.9 Å². The molecule has 0 amide bonds. The van der Waals surface area contributed by atoms with Gasteiger partial charge in [-0.05, 0) is 24.6 Å². The second-order valence-electron chi connectivity index (χ2n) is 5.41. The Bertz CT molecular complexity index is 626. The summed E-state index contributed by atoms with van der Waals surface area (Å²) in [6.07, 6.45) is 0.804. The summed E-state index contributed by atoms with van der Waals surface area (Å²) >= 11 is 0. The number of fused-ring (bicyclic) bond motifs is 2. The molecule has 2 unspecified atom stereocenters. The first kappa shape index (κ1) is 13.7.